The molecule has 1 aromatic heterocycles. The van der Waals surface area contributed by atoms with Gasteiger partial charge in [0.15, 0.2) is 11.6 Å². The molecule has 1 aromatic rings. The van der Waals surface area contributed by atoms with Crippen LogP contribution in [-0.4, -0.2) is 23.1 Å². The highest BCUT2D eigenvalue weighted by Gasteiger charge is 2.30. The molecule has 0 atom stereocenters. The highest BCUT2D eigenvalue weighted by molar-refractivity contribution is 6.24. The number of hydrogen-bond donors (Lipinski definition) is 1. The molecule has 1 aliphatic carbocycles. The molecule has 0 aliphatic heterocycles. The van der Waals surface area contributed by atoms with Gasteiger partial charge in [0.1, 0.15) is 5.82 Å². The van der Waals surface area contributed by atoms with Crippen LogP contribution in [0.5, 0.6) is 0 Å². The van der Waals surface area contributed by atoms with Gasteiger partial charge in [0.25, 0.3) is 0 Å². The summed E-state index contributed by atoms with van der Waals surface area (Å²) in [6, 6.07) is 2.22. The van der Waals surface area contributed by atoms with Gasteiger partial charge in [-0.05, 0) is 45.7 Å². The lowest BCUT2D eigenvalue weighted by atomic mass is 9.84. The van der Waals surface area contributed by atoms with Crippen LogP contribution in [0.2, 0.25) is 0 Å². The molecule has 25 heavy (non-hydrogen) atoms. The summed E-state index contributed by atoms with van der Waals surface area (Å²) in [6.07, 6.45) is -2.66. The van der Waals surface area contributed by atoms with E-state index in [4.69, 9.17) is 0 Å². The number of anilines is 1. The summed E-state index contributed by atoms with van der Waals surface area (Å²) in [5.41, 5.74) is 1.14. The van der Waals surface area contributed by atoms with Crippen molar-refractivity contribution < 1.29 is 22.8 Å². The minimum Gasteiger partial charge on any atom is -0.370 e. The van der Waals surface area contributed by atoms with Gasteiger partial charge in [-0.25, -0.2) is 4.98 Å². The van der Waals surface area contributed by atoms with E-state index in [-0.39, 0.29) is 11.6 Å². The molecule has 4 nitrogen and oxygen atoms in total. The Morgan fingerprint density at radius 1 is 1.00 bits per heavy atom. The molecule has 7 heteroatoms. The number of hydrogen-bond acceptors (Lipinski definition) is 4. The Labute approximate surface area is 143 Å². The number of pyridine rings is 1. The maximum absolute atomic E-state index is 12.5. The molecule has 134 valence electrons. The second-order valence-corrected chi connectivity index (χ2v) is 5.97. The Kier molecular flexibility index (Phi) is 5.45. The molecule has 0 aromatic carbocycles. The summed E-state index contributed by atoms with van der Waals surface area (Å²) in [4.78, 5) is 28.1. The van der Waals surface area contributed by atoms with Crippen LogP contribution < -0.4 is 5.32 Å². The maximum atomic E-state index is 12.5. The number of carbonyl (C=O) groups is 2. The number of alkyl halides is 3. The lowest BCUT2D eigenvalue weighted by Gasteiger charge is -2.18. The van der Waals surface area contributed by atoms with E-state index in [0.717, 1.165) is 12.3 Å². The summed E-state index contributed by atoms with van der Waals surface area (Å²) < 4.78 is 37.4. The molecule has 0 bridgehead atoms. The van der Waals surface area contributed by atoms with E-state index in [2.05, 4.69) is 10.3 Å². The van der Waals surface area contributed by atoms with Crippen molar-refractivity contribution in [2.75, 3.05) is 11.9 Å². The van der Waals surface area contributed by atoms with Crippen molar-refractivity contribution in [2.24, 2.45) is 0 Å². The smallest absolute Gasteiger partial charge is 0.370 e. The van der Waals surface area contributed by atoms with Gasteiger partial charge in [0, 0.05) is 35.0 Å². The molecule has 0 spiro atoms. The number of nitrogens with one attached hydrogen (secondary N) is 1. The van der Waals surface area contributed by atoms with Crippen molar-refractivity contribution in [1.82, 2.24) is 4.98 Å². The van der Waals surface area contributed by atoms with Crippen LogP contribution in [0.3, 0.4) is 0 Å². The van der Waals surface area contributed by atoms with Crippen LogP contribution >= 0.6 is 0 Å². The van der Waals surface area contributed by atoms with Gasteiger partial charge < -0.3 is 5.32 Å². The Hall–Kier alpha value is -2.44. The summed E-state index contributed by atoms with van der Waals surface area (Å²) in [7, 11) is 0. The quantitative estimate of drug-likeness (QED) is 0.640. The number of nitrogens with zero attached hydrogens (tertiary/aromatic N) is 1. The zero-order valence-electron chi connectivity index (χ0n) is 14.3. The van der Waals surface area contributed by atoms with Gasteiger partial charge in [-0.2, -0.15) is 13.2 Å². The molecule has 0 amide bonds. The van der Waals surface area contributed by atoms with Gasteiger partial charge in [-0.1, -0.05) is 0 Å². The van der Waals surface area contributed by atoms with Crippen molar-refractivity contribution in [2.45, 2.75) is 39.8 Å². The van der Waals surface area contributed by atoms with Gasteiger partial charge in [0.05, 0.1) is 5.56 Å². The zero-order valence-corrected chi connectivity index (χ0v) is 14.3. The molecule has 1 heterocycles. The molecule has 0 saturated carbocycles. The SMILES string of the molecule is CC1=C(C)C(=O)C(CCCNc2ccc(C(F)(F)F)cn2)=C(C)C1=O. The Morgan fingerprint density at radius 2 is 1.64 bits per heavy atom. The average molecular weight is 352 g/mol. The fourth-order valence-corrected chi connectivity index (χ4v) is 2.60. The fourth-order valence-electron chi connectivity index (χ4n) is 2.60. The number of aromatic nitrogens is 1. The van der Waals surface area contributed by atoms with Crippen molar-refractivity contribution in [3.63, 3.8) is 0 Å². The molecule has 0 unspecified atom stereocenters. The third-order valence-electron chi connectivity index (χ3n) is 4.31. The van der Waals surface area contributed by atoms with E-state index in [1.807, 2.05) is 0 Å². The van der Waals surface area contributed by atoms with Crippen molar-refractivity contribution in [3.05, 3.63) is 46.2 Å². The minimum absolute atomic E-state index is 0.107. The number of halogens is 3. The first kappa shape index (κ1) is 18.9. The second-order valence-electron chi connectivity index (χ2n) is 5.97. The van der Waals surface area contributed by atoms with Crippen LogP contribution in [0.15, 0.2) is 40.6 Å². The maximum Gasteiger partial charge on any atom is 0.417 e. The molecular weight excluding hydrogens is 333 g/mol. The van der Waals surface area contributed by atoms with E-state index < -0.39 is 11.7 Å². The van der Waals surface area contributed by atoms with Gasteiger partial charge in [-0.3, -0.25) is 9.59 Å². The fraction of sp³-hybridized carbons (Fsp3) is 0.389. The molecule has 0 fully saturated rings. The first-order chi connectivity index (χ1) is 11.6. The molecule has 1 N–H and O–H groups in total. The van der Waals surface area contributed by atoms with E-state index in [0.29, 0.717) is 47.5 Å². The second kappa shape index (κ2) is 7.21. The number of ketones is 2. The van der Waals surface area contributed by atoms with Gasteiger partial charge >= 0.3 is 6.18 Å². The van der Waals surface area contributed by atoms with E-state index in [1.165, 1.54) is 6.07 Å². The van der Waals surface area contributed by atoms with Crippen LogP contribution in [0.25, 0.3) is 0 Å². The average Bonchev–Trinajstić information content (AvgIpc) is 2.57. The van der Waals surface area contributed by atoms with Crippen LogP contribution in [0.4, 0.5) is 19.0 Å². The van der Waals surface area contributed by atoms with Crippen molar-refractivity contribution >= 4 is 17.4 Å². The first-order valence-corrected chi connectivity index (χ1v) is 7.86. The Balaban J connectivity index is 1.91. The number of rotatable bonds is 5. The lowest BCUT2D eigenvalue weighted by molar-refractivity contribution is -0.137. The predicted molar refractivity (Wildman–Crippen MR) is 88.1 cm³/mol. The van der Waals surface area contributed by atoms with Crippen LogP contribution in [-0.2, 0) is 15.8 Å². The predicted octanol–water partition coefficient (Wildman–Crippen LogP) is 4.10. The molecule has 0 radical (unpaired) electrons. The standard InChI is InChI=1S/C18H19F3N2O2/c1-10-11(2)17(25)14(12(3)16(10)24)5-4-8-22-15-7-6-13(9-23-15)18(19,20)21/h6-7,9H,4-5,8H2,1-3H3,(H,22,23). The van der Waals surface area contributed by atoms with E-state index in [9.17, 15) is 22.8 Å². The normalized spacial score (nSPS) is 15.9. The highest BCUT2D eigenvalue weighted by Crippen LogP contribution is 2.29. The van der Waals surface area contributed by atoms with Crippen LogP contribution in [0.1, 0.15) is 39.2 Å². The van der Waals surface area contributed by atoms with Gasteiger partial charge in [-0.15, -0.1) is 0 Å². The third-order valence-corrected chi connectivity index (χ3v) is 4.31. The molecular formula is C18H19F3N2O2. The summed E-state index contributed by atoms with van der Waals surface area (Å²) in [6.45, 7) is 5.37. The Morgan fingerprint density at radius 3 is 2.20 bits per heavy atom. The lowest BCUT2D eigenvalue weighted by Crippen LogP contribution is -2.21. The van der Waals surface area contributed by atoms with Crippen molar-refractivity contribution in [3.8, 4) is 0 Å². The van der Waals surface area contributed by atoms with Gasteiger partial charge in [0.2, 0.25) is 0 Å². The zero-order chi connectivity index (χ0) is 18.8. The minimum atomic E-state index is -4.41. The van der Waals surface area contributed by atoms with Crippen LogP contribution in [0, 0.1) is 0 Å². The topological polar surface area (TPSA) is 59.1 Å². The first-order valence-electron chi connectivity index (χ1n) is 7.86. The van der Waals surface area contributed by atoms with E-state index in [1.54, 1.807) is 20.8 Å². The summed E-state index contributed by atoms with van der Waals surface area (Å²) in [5, 5.41) is 2.91. The monoisotopic (exact) mass is 352 g/mol. The highest BCUT2D eigenvalue weighted by atomic mass is 19.4. The molecule has 0 saturated heterocycles. The largest absolute Gasteiger partial charge is 0.417 e. The molecule has 2 rings (SSSR count). The van der Waals surface area contributed by atoms with Crippen molar-refractivity contribution in [1.29, 1.82) is 0 Å². The third kappa shape index (κ3) is 4.15. The number of carbonyl (C=O) groups excluding carboxylic acids is 2. The Bertz CT molecular complexity index is 760. The summed E-state index contributed by atoms with van der Waals surface area (Å²) in [5.74, 6) is 0.114. The molecule has 1 aliphatic rings. The van der Waals surface area contributed by atoms with E-state index >= 15 is 0 Å². The number of Topliss-reactive ketones (excluding diaryl/α,β-unsaturated/α-hetero) is 2. The number of allylic oxidation sites excluding steroid dienone is 4. The summed E-state index contributed by atoms with van der Waals surface area (Å²) >= 11 is 0.